The summed E-state index contributed by atoms with van der Waals surface area (Å²) < 4.78 is 27.1. The first-order valence-corrected chi connectivity index (χ1v) is 10.0. The lowest BCUT2D eigenvalue weighted by Crippen LogP contribution is -2.36. The number of nitrogens with one attached hydrogen (secondary N) is 1. The van der Waals surface area contributed by atoms with Crippen molar-refractivity contribution in [2.75, 3.05) is 0 Å². The van der Waals surface area contributed by atoms with Crippen LogP contribution in [-0.2, 0) is 0 Å². The zero-order chi connectivity index (χ0) is 19.3. The molecule has 4 rings (SSSR count). The summed E-state index contributed by atoms with van der Waals surface area (Å²) in [4.78, 5) is 0. The van der Waals surface area contributed by atoms with Crippen molar-refractivity contribution in [3.05, 3.63) is 107 Å². The van der Waals surface area contributed by atoms with Crippen molar-refractivity contribution >= 4 is 0 Å². The maximum absolute atomic E-state index is 13.6. The predicted octanol–water partition coefficient (Wildman–Crippen LogP) is 6.37. The molecule has 3 heteroatoms. The zero-order valence-electron chi connectivity index (χ0n) is 15.8. The Labute approximate surface area is 165 Å². The van der Waals surface area contributed by atoms with Gasteiger partial charge in [-0.05, 0) is 60.4 Å². The second-order valence-electron chi connectivity index (χ2n) is 7.67. The van der Waals surface area contributed by atoms with Gasteiger partial charge >= 0.3 is 0 Å². The number of halogens is 2. The van der Waals surface area contributed by atoms with E-state index in [0.717, 1.165) is 37.3 Å². The topological polar surface area (TPSA) is 12.0 Å². The molecule has 3 aromatic rings. The molecule has 1 aliphatic rings. The molecular weight excluding hydrogens is 352 g/mol. The van der Waals surface area contributed by atoms with Gasteiger partial charge in [0, 0.05) is 12.1 Å². The third kappa shape index (κ3) is 4.48. The minimum absolute atomic E-state index is 0.149. The van der Waals surface area contributed by atoms with E-state index in [9.17, 15) is 8.78 Å². The second-order valence-corrected chi connectivity index (χ2v) is 7.67. The van der Waals surface area contributed by atoms with Crippen LogP contribution in [0.25, 0.3) is 0 Å². The SMILES string of the molecule is Fc1cc(F)cc(C2CCC(NC(c3ccccc3)c3ccccc3)CC2)c1. The van der Waals surface area contributed by atoms with Crippen molar-refractivity contribution in [2.45, 2.75) is 43.7 Å². The summed E-state index contributed by atoms with van der Waals surface area (Å²) in [6.07, 6.45) is 3.88. The summed E-state index contributed by atoms with van der Waals surface area (Å²) >= 11 is 0. The average molecular weight is 377 g/mol. The van der Waals surface area contributed by atoms with Crippen molar-refractivity contribution in [1.82, 2.24) is 5.32 Å². The van der Waals surface area contributed by atoms with E-state index in [1.54, 1.807) is 0 Å². The van der Waals surface area contributed by atoms with Gasteiger partial charge in [-0.1, -0.05) is 60.7 Å². The fourth-order valence-corrected chi connectivity index (χ4v) is 4.32. The molecule has 1 nitrogen and oxygen atoms in total. The van der Waals surface area contributed by atoms with Gasteiger partial charge in [0.15, 0.2) is 0 Å². The smallest absolute Gasteiger partial charge is 0.126 e. The Morgan fingerprint density at radius 2 is 1.18 bits per heavy atom. The van der Waals surface area contributed by atoms with E-state index in [1.807, 2.05) is 12.1 Å². The third-order valence-corrected chi connectivity index (χ3v) is 5.75. The molecule has 0 amide bonds. The molecule has 144 valence electrons. The number of hydrogen-bond acceptors (Lipinski definition) is 1. The minimum Gasteiger partial charge on any atom is -0.303 e. The highest BCUT2D eigenvalue weighted by molar-refractivity contribution is 5.32. The Bertz CT molecular complexity index is 827. The Balaban J connectivity index is 1.46. The first kappa shape index (κ1) is 18.8. The van der Waals surface area contributed by atoms with Gasteiger partial charge in [0.05, 0.1) is 6.04 Å². The van der Waals surface area contributed by atoms with Gasteiger partial charge in [-0.25, -0.2) is 8.78 Å². The fraction of sp³-hybridized carbons (Fsp3) is 0.280. The summed E-state index contributed by atoms with van der Waals surface area (Å²) in [5, 5.41) is 3.84. The van der Waals surface area contributed by atoms with Crippen LogP contribution >= 0.6 is 0 Å². The lowest BCUT2D eigenvalue weighted by atomic mass is 9.81. The van der Waals surface area contributed by atoms with E-state index < -0.39 is 11.6 Å². The van der Waals surface area contributed by atoms with Crippen LogP contribution in [0.2, 0.25) is 0 Å². The van der Waals surface area contributed by atoms with Gasteiger partial charge in [-0.2, -0.15) is 0 Å². The Morgan fingerprint density at radius 3 is 1.68 bits per heavy atom. The molecule has 0 heterocycles. The van der Waals surface area contributed by atoms with E-state index in [1.165, 1.54) is 23.3 Å². The molecule has 3 aromatic carbocycles. The molecule has 0 radical (unpaired) electrons. The molecule has 0 aliphatic heterocycles. The average Bonchev–Trinajstić information content (AvgIpc) is 2.73. The highest BCUT2D eigenvalue weighted by atomic mass is 19.1. The first-order valence-electron chi connectivity index (χ1n) is 10.0. The third-order valence-electron chi connectivity index (χ3n) is 5.75. The first-order chi connectivity index (χ1) is 13.7. The Morgan fingerprint density at radius 1 is 0.679 bits per heavy atom. The van der Waals surface area contributed by atoms with Crippen LogP contribution in [0, 0.1) is 11.6 Å². The molecule has 1 fully saturated rings. The number of benzene rings is 3. The van der Waals surface area contributed by atoms with Crippen molar-refractivity contribution in [3.8, 4) is 0 Å². The molecule has 1 N–H and O–H groups in total. The maximum Gasteiger partial charge on any atom is 0.126 e. The summed E-state index contributed by atoms with van der Waals surface area (Å²) in [6.45, 7) is 0. The molecule has 28 heavy (non-hydrogen) atoms. The van der Waals surface area contributed by atoms with Gasteiger partial charge in [0.1, 0.15) is 11.6 Å². The van der Waals surface area contributed by atoms with E-state index in [2.05, 4.69) is 53.8 Å². The number of hydrogen-bond donors (Lipinski definition) is 1. The van der Waals surface area contributed by atoms with Crippen LogP contribution in [0.15, 0.2) is 78.9 Å². The van der Waals surface area contributed by atoms with Gasteiger partial charge in [-0.15, -0.1) is 0 Å². The fourth-order valence-electron chi connectivity index (χ4n) is 4.32. The van der Waals surface area contributed by atoms with Crippen molar-refractivity contribution < 1.29 is 8.78 Å². The van der Waals surface area contributed by atoms with Crippen molar-refractivity contribution in [2.24, 2.45) is 0 Å². The van der Waals surface area contributed by atoms with E-state index in [4.69, 9.17) is 0 Å². The van der Waals surface area contributed by atoms with Gasteiger partial charge in [-0.3, -0.25) is 0 Å². The standard InChI is InChI=1S/C25H25F2N/c26-22-15-21(16-23(27)17-22)18-11-13-24(14-12-18)28-25(19-7-3-1-4-8-19)20-9-5-2-6-10-20/h1-10,15-18,24-25,28H,11-14H2. The van der Waals surface area contributed by atoms with Crippen LogP contribution < -0.4 is 5.32 Å². The van der Waals surface area contributed by atoms with E-state index >= 15 is 0 Å². The van der Waals surface area contributed by atoms with Crippen LogP contribution in [0.5, 0.6) is 0 Å². The molecule has 0 spiro atoms. The van der Waals surface area contributed by atoms with Crippen molar-refractivity contribution in [1.29, 1.82) is 0 Å². The molecule has 0 unspecified atom stereocenters. The summed E-state index contributed by atoms with van der Waals surface area (Å²) in [6, 6.07) is 25.4. The van der Waals surface area contributed by atoms with Crippen LogP contribution in [0.1, 0.15) is 54.3 Å². The highest BCUT2D eigenvalue weighted by Gasteiger charge is 2.26. The quantitative estimate of drug-likeness (QED) is 0.545. The molecular formula is C25H25F2N. The normalized spacial score (nSPS) is 19.7. The molecule has 1 aliphatic carbocycles. The van der Waals surface area contributed by atoms with Gasteiger partial charge in [0.2, 0.25) is 0 Å². The maximum atomic E-state index is 13.6. The molecule has 0 aromatic heterocycles. The molecule has 1 saturated carbocycles. The van der Waals surface area contributed by atoms with Crippen LogP contribution in [-0.4, -0.2) is 6.04 Å². The Hall–Kier alpha value is -2.52. The van der Waals surface area contributed by atoms with E-state index in [0.29, 0.717) is 6.04 Å². The highest BCUT2D eigenvalue weighted by Crippen LogP contribution is 2.35. The lowest BCUT2D eigenvalue weighted by Gasteiger charge is -2.33. The molecule has 0 atom stereocenters. The van der Waals surface area contributed by atoms with Crippen LogP contribution in [0.4, 0.5) is 8.78 Å². The van der Waals surface area contributed by atoms with Crippen LogP contribution in [0.3, 0.4) is 0 Å². The molecule has 0 saturated heterocycles. The summed E-state index contributed by atoms with van der Waals surface area (Å²) in [7, 11) is 0. The zero-order valence-corrected chi connectivity index (χ0v) is 15.8. The molecule has 0 bridgehead atoms. The largest absolute Gasteiger partial charge is 0.303 e. The summed E-state index contributed by atoms with van der Waals surface area (Å²) in [5.41, 5.74) is 3.30. The minimum atomic E-state index is -0.483. The van der Waals surface area contributed by atoms with Crippen molar-refractivity contribution in [3.63, 3.8) is 0 Å². The lowest BCUT2D eigenvalue weighted by molar-refractivity contribution is 0.327. The predicted molar refractivity (Wildman–Crippen MR) is 109 cm³/mol. The Kier molecular flexibility index (Phi) is 5.82. The van der Waals surface area contributed by atoms with E-state index in [-0.39, 0.29) is 12.0 Å². The van der Waals surface area contributed by atoms with Gasteiger partial charge in [0.25, 0.3) is 0 Å². The summed E-state index contributed by atoms with van der Waals surface area (Å²) in [5.74, 6) is -0.734. The number of rotatable bonds is 5. The second kappa shape index (κ2) is 8.66. The monoisotopic (exact) mass is 377 g/mol. The van der Waals surface area contributed by atoms with Gasteiger partial charge < -0.3 is 5.32 Å².